The molecule has 0 radical (unpaired) electrons. The highest BCUT2D eigenvalue weighted by atomic mass is 32.2. The normalized spacial score (nSPS) is 25.1. The molecule has 5 heteroatoms. The molecule has 1 unspecified atom stereocenters. The van der Waals surface area contributed by atoms with Crippen molar-refractivity contribution < 1.29 is 13.2 Å². The Morgan fingerprint density at radius 1 is 1.58 bits per heavy atom. The van der Waals surface area contributed by atoms with Crippen LogP contribution in [0.5, 0.6) is 0 Å². The van der Waals surface area contributed by atoms with Crippen molar-refractivity contribution in [3.05, 3.63) is 0 Å². The largest absolute Gasteiger partial charge is 0.340 e. The lowest BCUT2D eigenvalue weighted by Gasteiger charge is -2.22. The van der Waals surface area contributed by atoms with Gasteiger partial charge in [0.25, 0.3) is 0 Å². The first-order chi connectivity index (χ1) is 5.56. The molecule has 0 aromatic rings. The molecule has 1 fully saturated rings. The van der Waals surface area contributed by atoms with Crippen molar-refractivity contribution in [1.29, 1.82) is 0 Å². The number of rotatable bonds is 2. The molecular weight excluding hydrogens is 178 g/mol. The van der Waals surface area contributed by atoms with Gasteiger partial charge in [0.15, 0.2) is 9.84 Å². The predicted molar refractivity (Wildman–Crippen MR) is 45.2 cm³/mol. The van der Waals surface area contributed by atoms with Crippen molar-refractivity contribution in [3.63, 3.8) is 0 Å². The third-order valence-corrected chi connectivity index (χ3v) is 4.05. The molecule has 0 bridgehead atoms. The summed E-state index contributed by atoms with van der Waals surface area (Å²) in [6, 6.07) is 0. The molecule has 0 saturated carbocycles. The van der Waals surface area contributed by atoms with E-state index < -0.39 is 15.2 Å². The van der Waals surface area contributed by atoms with Gasteiger partial charge in [0.2, 0.25) is 5.91 Å². The van der Waals surface area contributed by atoms with Gasteiger partial charge in [0.05, 0.1) is 0 Å². The summed E-state index contributed by atoms with van der Waals surface area (Å²) in [5, 5.41) is 1.85. The Hall–Kier alpha value is -0.580. The van der Waals surface area contributed by atoms with Crippen LogP contribution in [0.3, 0.4) is 0 Å². The van der Waals surface area contributed by atoms with E-state index in [1.807, 2.05) is 0 Å². The molecule has 0 aromatic heterocycles. The van der Waals surface area contributed by atoms with Gasteiger partial charge in [-0.05, 0) is 12.8 Å². The Labute approximate surface area is 72.3 Å². The van der Waals surface area contributed by atoms with Crippen LogP contribution in [-0.2, 0) is 14.6 Å². The van der Waals surface area contributed by atoms with Crippen molar-refractivity contribution >= 4 is 15.7 Å². The van der Waals surface area contributed by atoms with Crippen LogP contribution in [0, 0.1) is 0 Å². The Morgan fingerprint density at radius 2 is 2.25 bits per heavy atom. The topological polar surface area (TPSA) is 63.2 Å². The third kappa shape index (κ3) is 1.97. The molecule has 1 aliphatic heterocycles. The van der Waals surface area contributed by atoms with E-state index in [1.165, 1.54) is 0 Å². The standard InChI is InChI=1S/C7H13NO3S/c1-2-12(10,11)7-5-3-4-6(9)8-7/h7H,2-5H2,1H3,(H,8,9). The van der Waals surface area contributed by atoms with E-state index in [0.29, 0.717) is 19.3 Å². The van der Waals surface area contributed by atoms with E-state index in [4.69, 9.17) is 0 Å². The Bertz CT molecular complexity index is 270. The SMILES string of the molecule is CCS(=O)(=O)C1CCCC(=O)N1. The van der Waals surface area contributed by atoms with Crippen molar-refractivity contribution in [3.8, 4) is 0 Å². The fraction of sp³-hybridized carbons (Fsp3) is 0.857. The summed E-state index contributed by atoms with van der Waals surface area (Å²) in [5.41, 5.74) is 0. The molecule has 1 N–H and O–H groups in total. The van der Waals surface area contributed by atoms with Crippen LogP contribution in [0.4, 0.5) is 0 Å². The summed E-state index contributed by atoms with van der Waals surface area (Å²) in [4.78, 5) is 10.9. The first kappa shape index (κ1) is 9.51. The smallest absolute Gasteiger partial charge is 0.221 e. The lowest BCUT2D eigenvalue weighted by Crippen LogP contribution is -2.44. The fourth-order valence-corrected chi connectivity index (χ4v) is 2.48. The maximum absolute atomic E-state index is 11.3. The Kier molecular flexibility index (Phi) is 2.72. The number of nitrogens with one attached hydrogen (secondary N) is 1. The summed E-state index contributed by atoms with van der Waals surface area (Å²) in [6.45, 7) is 1.59. The van der Waals surface area contributed by atoms with Crippen molar-refractivity contribution in [2.75, 3.05) is 5.75 Å². The number of carbonyl (C=O) groups excluding carboxylic acids is 1. The zero-order valence-electron chi connectivity index (χ0n) is 7.04. The molecular formula is C7H13NO3S. The zero-order valence-corrected chi connectivity index (χ0v) is 7.86. The van der Waals surface area contributed by atoms with Crippen molar-refractivity contribution in [2.45, 2.75) is 31.6 Å². The Morgan fingerprint density at radius 3 is 2.75 bits per heavy atom. The average Bonchev–Trinajstić information content (AvgIpc) is 2.05. The highest BCUT2D eigenvalue weighted by Gasteiger charge is 2.28. The van der Waals surface area contributed by atoms with Crippen LogP contribution in [0.15, 0.2) is 0 Å². The van der Waals surface area contributed by atoms with Gasteiger partial charge in [-0.3, -0.25) is 4.79 Å². The molecule has 1 rings (SSSR count). The molecule has 0 aliphatic carbocycles. The van der Waals surface area contributed by atoms with Gasteiger partial charge < -0.3 is 5.32 Å². The molecule has 1 saturated heterocycles. The first-order valence-corrected chi connectivity index (χ1v) is 5.78. The minimum absolute atomic E-state index is 0.0952. The van der Waals surface area contributed by atoms with E-state index in [1.54, 1.807) is 6.92 Å². The lowest BCUT2D eigenvalue weighted by atomic mass is 10.2. The maximum Gasteiger partial charge on any atom is 0.221 e. The monoisotopic (exact) mass is 191 g/mol. The Balaban J connectivity index is 2.70. The van der Waals surface area contributed by atoms with Crippen LogP contribution in [-0.4, -0.2) is 25.5 Å². The molecule has 1 amide bonds. The van der Waals surface area contributed by atoms with Gasteiger partial charge >= 0.3 is 0 Å². The average molecular weight is 191 g/mol. The number of piperidine rings is 1. The van der Waals surface area contributed by atoms with E-state index in [9.17, 15) is 13.2 Å². The fourth-order valence-electron chi connectivity index (χ4n) is 1.24. The second kappa shape index (κ2) is 3.43. The van der Waals surface area contributed by atoms with Gasteiger partial charge in [0.1, 0.15) is 5.37 Å². The van der Waals surface area contributed by atoms with Gasteiger partial charge in [0, 0.05) is 12.2 Å². The van der Waals surface area contributed by atoms with Crippen LogP contribution >= 0.6 is 0 Å². The number of hydrogen-bond donors (Lipinski definition) is 1. The van der Waals surface area contributed by atoms with Crippen LogP contribution in [0.1, 0.15) is 26.2 Å². The summed E-state index contributed by atoms with van der Waals surface area (Å²) >= 11 is 0. The molecule has 0 aromatic carbocycles. The number of amides is 1. The molecule has 70 valence electrons. The second-order valence-electron chi connectivity index (χ2n) is 2.90. The predicted octanol–water partition coefficient (Wildman–Crippen LogP) is 0.0473. The minimum Gasteiger partial charge on any atom is -0.340 e. The summed E-state index contributed by atoms with van der Waals surface area (Å²) in [5.74, 6) is -0.0546. The van der Waals surface area contributed by atoms with Gasteiger partial charge in [-0.1, -0.05) is 6.92 Å². The summed E-state index contributed by atoms with van der Waals surface area (Å²) in [6.07, 6.45) is 1.69. The quantitative estimate of drug-likeness (QED) is 0.670. The number of sulfone groups is 1. The highest BCUT2D eigenvalue weighted by molar-refractivity contribution is 7.91. The molecule has 0 spiro atoms. The first-order valence-electron chi connectivity index (χ1n) is 4.07. The van der Waals surface area contributed by atoms with E-state index in [-0.39, 0.29) is 11.7 Å². The number of carbonyl (C=O) groups is 1. The highest BCUT2D eigenvalue weighted by Crippen LogP contribution is 2.13. The van der Waals surface area contributed by atoms with E-state index in [0.717, 1.165) is 0 Å². The third-order valence-electron chi connectivity index (χ3n) is 2.03. The molecule has 1 atom stereocenters. The van der Waals surface area contributed by atoms with E-state index >= 15 is 0 Å². The van der Waals surface area contributed by atoms with Gasteiger partial charge in [-0.25, -0.2) is 8.42 Å². The molecule has 1 aliphatic rings. The lowest BCUT2D eigenvalue weighted by molar-refractivity contribution is -0.122. The van der Waals surface area contributed by atoms with Crippen LogP contribution < -0.4 is 5.32 Å². The zero-order chi connectivity index (χ0) is 9.19. The maximum atomic E-state index is 11.3. The summed E-state index contributed by atoms with van der Waals surface area (Å²) < 4.78 is 22.6. The molecule has 4 nitrogen and oxygen atoms in total. The van der Waals surface area contributed by atoms with Crippen molar-refractivity contribution in [1.82, 2.24) is 5.32 Å². The second-order valence-corrected chi connectivity index (χ2v) is 5.37. The minimum atomic E-state index is -3.09. The molecule has 12 heavy (non-hydrogen) atoms. The van der Waals surface area contributed by atoms with Crippen LogP contribution in [0.25, 0.3) is 0 Å². The van der Waals surface area contributed by atoms with Crippen LogP contribution in [0.2, 0.25) is 0 Å². The van der Waals surface area contributed by atoms with E-state index in [2.05, 4.69) is 5.32 Å². The summed E-state index contributed by atoms with van der Waals surface area (Å²) in [7, 11) is -3.09. The molecule has 1 heterocycles. The van der Waals surface area contributed by atoms with Gasteiger partial charge in [-0.2, -0.15) is 0 Å². The van der Waals surface area contributed by atoms with Crippen molar-refractivity contribution in [2.24, 2.45) is 0 Å². The van der Waals surface area contributed by atoms with Gasteiger partial charge in [-0.15, -0.1) is 0 Å². The number of hydrogen-bond acceptors (Lipinski definition) is 3.